The fourth-order valence-corrected chi connectivity index (χ4v) is 1.88. The van der Waals surface area contributed by atoms with Gasteiger partial charge in [0.2, 0.25) is 0 Å². The molecule has 0 aliphatic rings. The predicted octanol–water partition coefficient (Wildman–Crippen LogP) is 2.36. The molecule has 7 nitrogen and oxygen atoms in total. The molecule has 1 aromatic carbocycles. The number of urea groups is 1. The smallest absolute Gasteiger partial charge is 0.340 e. The number of esters is 1. The zero-order valence-electron chi connectivity index (χ0n) is 11.6. The van der Waals surface area contributed by atoms with Crippen molar-refractivity contribution in [2.45, 2.75) is 12.8 Å². The first-order valence-electron chi connectivity index (χ1n) is 6.19. The molecule has 0 aliphatic carbocycles. The second-order valence-electron chi connectivity index (χ2n) is 4.18. The van der Waals surface area contributed by atoms with Crippen molar-refractivity contribution in [1.82, 2.24) is 5.32 Å². The Balaban J connectivity index is 2.75. The summed E-state index contributed by atoms with van der Waals surface area (Å²) in [5.74, 6) is -2.43. The molecule has 0 heterocycles. The number of hydrogen-bond donors (Lipinski definition) is 3. The van der Waals surface area contributed by atoms with Gasteiger partial charge in [-0.3, -0.25) is 4.79 Å². The second kappa shape index (κ2) is 8.32. The molecule has 0 saturated heterocycles. The second-order valence-corrected chi connectivity index (χ2v) is 5.04. The third-order valence-electron chi connectivity index (χ3n) is 2.57. The summed E-state index contributed by atoms with van der Waals surface area (Å²) < 4.78 is 18.1. The number of carboxylic acids is 1. The van der Waals surface area contributed by atoms with Crippen molar-refractivity contribution in [3.8, 4) is 0 Å². The summed E-state index contributed by atoms with van der Waals surface area (Å²) in [4.78, 5) is 33.6. The van der Waals surface area contributed by atoms with E-state index in [1.165, 1.54) is 6.07 Å². The predicted molar refractivity (Wildman–Crippen MR) is 79.3 cm³/mol. The van der Waals surface area contributed by atoms with Crippen molar-refractivity contribution in [2.24, 2.45) is 0 Å². The highest BCUT2D eigenvalue weighted by molar-refractivity contribution is 9.10. The van der Waals surface area contributed by atoms with E-state index in [1.807, 2.05) is 0 Å². The molecule has 0 saturated carbocycles. The summed E-state index contributed by atoms with van der Waals surface area (Å²) in [6, 6.07) is 1.53. The van der Waals surface area contributed by atoms with E-state index in [0.29, 0.717) is 0 Å². The largest absolute Gasteiger partial charge is 0.481 e. The van der Waals surface area contributed by atoms with E-state index in [4.69, 9.17) is 5.11 Å². The van der Waals surface area contributed by atoms with Crippen LogP contribution in [-0.4, -0.2) is 36.7 Å². The number of anilines is 1. The molecule has 0 atom stereocenters. The van der Waals surface area contributed by atoms with Crippen molar-refractivity contribution < 1.29 is 28.6 Å². The van der Waals surface area contributed by atoms with E-state index in [1.54, 1.807) is 0 Å². The summed E-state index contributed by atoms with van der Waals surface area (Å²) in [6.45, 7) is 0.147. The molecule has 120 valence electrons. The summed E-state index contributed by atoms with van der Waals surface area (Å²) >= 11 is 2.96. The zero-order chi connectivity index (χ0) is 16.7. The molecular weight excluding hydrogens is 363 g/mol. The van der Waals surface area contributed by atoms with Gasteiger partial charge in [0.25, 0.3) is 0 Å². The maximum atomic E-state index is 13.5. The lowest BCUT2D eigenvalue weighted by molar-refractivity contribution is -0.137. The minimum absolute atomic E-state index is 0.0656. The van der Waals surface area contributed by atoms with E-state index >= 15 is 0 Å². The van der Waals surface area contributed by atoms with E-state index in [-0.39, 0.29) is 35.1 Å². The van der Waals surface area contributed by atoms with E-state index in [2.05, 4.69) is 31.3 Å². The van der Waals surface area contributed by atoms with Crippen molar-refractivity contribution >= 4 is 39.6 Å². The molecule has 0 unspecified atom stereocenters. The number of rotatable bonds is 6. The van der Waals surface area contributed by atoms with Crippen LogP contribution in [0.2, 0.25) is 0 Å². The highest BCUT2D eigenvalue weighted by atomic mass is 79.9. The van der Waals surface area contributed by atoms with Gasteiger partial charge in [-0.1, -0.05) is 0 Å². The maximum absolute atomic E-state index is 13.5. The number of methoxy groups -OCH3 is 1. The zero-order valence-corrected chi connectivity index (χ0v) is 13.2. The van der Waals surface area contributed by atoms with E-state index in [9.17, 15) is 18.8 Å². The van der Waals surface area contributed by atoms with E-state index in [0.717, 1.165) is 13.2 Å². The number of hydrogen-bond acceptors (Lipinski definition) is 4. The van der Waals surface area contributed by atoms with Crippen molar-refractivity contribution in [3.05, 3.63) is 28.0 Å². The topological polar surface area (TPSA) is 105 Å². The third kappa shape index (κ3) is 5.32. The van der Waals surface area contributed by atoms with Gasteiger partial charge in [0.05, 0.1) is 22.8 Å². The summed E-state index contributed by atoms with van der Waals surface area (Å²) in [5, 5.41) is 13.3. The number of nitrogens with one attached hydrogen (secondary N) is 2. The van der Waals surface area contributed by atoms with Gasteiger partial charge in [-0.15, -0.1) is 0 Å². The Morgan fingerprint density at radius 1 is 1.36 bits per heavy atom. The van der Waals surface area contributed by atoms with Gasteiger partial charge in [-0.25, -0.2) is 14.0 Å². The van der Waals surface area contributed by atoms with Crippen molar-refractivity contribution in [3.63, 3.8) is 0 Å². The van der Waals surface area contributed by atoms with Crippen LogP contribution in [0.25, 0.3) is 0 Å². The van der Waals surface area contributed by atoms with Gasteiger partial charge >= 0.3 is 18.0 Å². The lowest BCUT2D eigenvalue weighted by Gasteiger charge is -2.11. The minimum Gasteiger partial charge on any atom is -0.481 e. The summed E-state index contributed by atoms with van der Waals surface area (Å²) in [6.07, 6.45) is 0.190. The molecule has 0 fully saturated rings. The Kier molecular flexibility index (Phi) is 6.77. The van der Waals surface area contributed by atoms with Crippen LogP contribution in [0, 0.1) is 5.82 Å². The Hall–Kier alpha value is -2.16. The SMILES string of the molecule is COC(=O)c1cc(F)c(Br)cc1NC(=O)NCCCC(=O)O. The number of carbonyl (C=O) groups excluding carboxylic acids is 2. The molecular formula is C13H14BrFN2O5. The van der Waals surface area contributed by atoms with Crippen molar-refractivity contribution in [1.29, 1.82) is 0 Å². The highest BCUT2D eigenvalue weighted by Crippen LogP contribution is 2.25. The van der Waals surface area contributed by atoms with Gasteiger partial charge in [0.1, 0.15) is 5.82 Å². The summed E-state index contributed by atoms with van der Waals surface area (Å²) in [5.41, 5.74) is -0.0697. The first-order chi connectivity index (χ1) is 10.3. The number of ether oxygens (including phenoxy) is 1. The first-order valence-corrected chi connectivity index (χ1v) is 6.98. The van der Waals surface area contributed by atoms with Gasteiger partial charge in [0, 0.05) is 13.0 Å². The molecule has 3 N–H and O–H groups in total. The molecule has 0 bridgehead atoms. The number of benzene rings is 1. The third-order valence-corrected chi connectivity index (χ3v) is 3.17. The van der Waals surface area contributed by atoms with Crippen LogP contribution in [-0.2, 0) is 9.53 Å². The lowest BCUT2D eigenvalue weighted by Crippen LogP contribution is -2.30. The molecule has 22 heavy (non-hydrogen) atoms. The van der Waals surface area contributed by atoms with Crippen LogP contribution in [0.15, 0.2) is 16.6 Å². The fourth-order valence-electron chi connectivity index (χ4n) is 1.54. The Morgan fingerprint density at radius 3 is 2.64 bits per heavy atom. The number of carboxylic acid groups (broad SMARTS) is 1. The number of carbonyl (C=O) groups is 3. The number of amides is 2. The molecule has 2 amide bonds. The maximum Gasteiger partial charge on any atom is 0.340 e. The number of aliphatic carboxylic acids is 1. The van der Waals surface area contributed by atoms with Gasteiger partial charge in [-0.2, -0.15) is 0 Å². The standard InChI is InChI=1S/C13H14BrFN2O5/c1-22-12(20)7-5-9(15)8(14)6-10(7)17-13(21)16-4-2-3-11(18)19/h5-6H,2-4H2,1H3,(H,18,19)(H2,16,17,21). The monoisotopic (exact) mass is 376 g/mol. The van der Waals surface area contributed by atoms with Crippen LogP contribution < -0.4 is 10.6 Å². The Labute approximate surface area is 134 Å². The fraction of sp³-hybridized carbons (Fsp3) is 0.308. The van der Waals surface area contributed by atoms with Gasteiger partial charge < -0.3 is 20.5 Å². The van der Waals surface area contributed by atoms with Crippen LogP contribution in [0.3, 0.4) is 0 Å². The molecule has 0 aromatic heterocycles. The van der Waals surface area contributed by atoms with E-state index < -0.39 is 23.8 Å². The first kappa shape index (κ1) is 17.9. The molecule has 1 rings (SSSR count). The molecule has 9 heteroatoms. The average Bonchev–Trinajstić information content (AvgIpc) is 2.46. The molecule has 0 spiro atoms. The van der Waals surface area contributed by atoms with Crippen LogP contribution in [0.1, 0.15) is 23.2 Å². The molecule has 0 radical (unpaired) electrons. The normalized spacial score (nSPS) is 9.95. The quantitative estimate of drug-likeness (QED) is 0.522. The number of halogens is 2. The summed E-state index contributed by atoms with van der Waals surface area (Å²) in [7, 11) is 1.14. The van der Waals surface area contributed by atoms with Gasteiger partial charge in [-0.05, 0) is 34.5 Å². The van der Waals surface area contributed by atoms with Crippen molar-refractivity contribution in [2.75, 3.05) is 19.0 Å². The average molecular weight is 377 g/mol. The van der Waals surface area contributed by atoms with Crippen LogP contribution in [0.5, 0.6) is 0 Å². The molecule has 0 aliphatic heterocycles. The van der Waals surface area contributed by atoms with Crippen LogP contribution >= 0.6 is 15.9 Å². The Bertz CT molecular complexity index is 594. The molecule has 1 aromatic rings. The van der Waals surface area contributed by atoms with Gasteiger partial charge in [0.15, 0.2) is 0 Å². The highest BCUT2D eigenvalue weighted by Gasteiger charge is 2.17. The lowest BCUT2D eigenvalue weighted by atomic mass is 10.1. The Morgan fingerprint density at radius 2 is 2.05 bits per heavy atom. The minimum atomic E-state index is -0.961. The van der Waals surface area contributed by atoms with Crippen LogP contribution in [0.4, 0.5) is 14.9 Å².